The van der Waals surface area contributed by atoms with E-state index in [-0.39, 0.29) is 25.3 Å². The molecule has 0 aliphatic rings. The van der Waals surface area contributed by atoms with Crippen molar-refractivity contribution in [3.05, 3.63) is 29.8 Å². The van der Waals surface area contributed by atoms with Crippen LogP contribution in [0.5, 0.6) is 5.75 Å². The molecular formula is C15H23NO7. The second kappa shape index (κ2) is 9.43. The number of carboxylic acid groups (broad SMARTS) is 1. The highest BCUT2D eigenvalue weighted by molar-refractivity contribution is 5.74. The molecule has 1 aromatic carbocycles. The van der Waals surface area contributed by atoms with Gasteiger partial charge in [0.05, 0.1) is 25.4 Å². The molecule has 6 N–H and O–H groups in total. The summed E-state index contributed by atoms with van der Waals surface area (Å²) in [6, 6.07) is 4.96. The molecule has 23 heavy (non-hydrogen) atoms. The maximum absolute atomic E-state index is 11.6. The molecule has 3 unspecified atom stereocenters. The second-order valence-corrected chi connectivity index (χ2v) is 5.35. The fourth-order valence-corrected chi connectivity index (χ4v) is 2.21. The van der Waals surface area contributed by atoms with Crippen LogP contribution in [0.2, 0.25) is 0 Å². The number of phenols is 1. The van der Waals surface area contributed by atoms with Crippen LogP contribution in [0.4, 0.5) is 0 Å². The lowest BCUT2D eigenvalue weighted by Gasteiger charge is -2.31. The summed E-state index contributed by atoms with van der Waals surface area (Å²) in [6.45, 7) is -1.42. The Morgan fingerprint density at radius 2 is 1.48 bits per heavy atom. The number of nitrogens with zero attached hydrogens (tertiary/aromatic N) is 1. The van der Waals surface area contributed by atoms with E-state index in [0.29, 0.717) is 5.56 Å². The lowest BCUT2D eigenvalue weighted by molar-refractivity contribution is -0.144. The van der Waals surface area contributed by atoms with Crippen molar-refractivity contribution in [3.63, 3.8) is 0 Å². The molecule has 1 rings (SSSR count). The van der Waals surface area contributed by atoms with Crippen molar-refractivity contribution in [3.8, 4) is 5.75 Å². The highest BCUT2D eigenvalue weighted by Crippen LogP contribution is 2.15. The highest BCUT2D eigenvalue weighted by atomic mass is 16.4. The van der Waals surface area contributed by atoms with Gasteiger partial charge in [0.15, 0.2) is 0 Å². The first kappa shape index (κ1) is 19.3. The fraction of sp³-hybridized carbons (Fsp3) is 0.533. The molecule has 0 spiro atoms. The van der Waals surface area contributed by atoms with Gasteiger partial charge in [-0.15, -0.1) is 0 Å². The quantitative estimate of drug-likeness (QED) is 0.301. The first-order valence-corrected chi connectivity index (χ1v) is 7.20. The van der Waals surface area contributed by atoms with E-state index in [1.807, 2.05) is 0 Å². The fourth-order valence-electron chi connectivity index (χ4n) is 2.21. The lowest BCUT2D eigenvalue weighted by atomic mass is 10.0. The van der Waals surface area contributed by atoms with Gasteiger partial charge in [-0.05, 0) is 24.1 Å². The van der Waals surface area contributed by atoms with Gasteiger partial charge in [0.2, 0.25) is 0 Å². The topological polar surface area (TPSA) is 142 Å². The van der Waals surface area contributed by atoms with Gasteiger partial charge in [0.1, 0.15) is 11.8 Å². The predicted molar refractivity (Wildman–Crippen MR) is 81.0 cm³/mol. The van der Waals surface area contributed by atoms with Crippen molar-refractivity contribution in [2.45, 2.75) is 24.7 Å². The Bertz CT molecular complexity index is 467. The molecule has 130 valence electrons. The third-order valence-electron chi connectivity index (χ3n) is 3.40. The van der Waals surface area contributed by atoms with Crippen LogP contribution in [0.15, 0.2) is 24.3 Å². The van der Waals surface area contributed by atoms with Crippen molar-refractivity contribution in [1.29, 1.82) is 0 Å². The normalized spacial score (nSPS) is 15.3. The minimum absolute atomic E-state index is 0.0592. The molecule has 0 heterocycles. The van der Waals surface area contributed by atoms with Gasteiger partial charge in [0.25, 0.3) is 0 Å². The summed E-state index contributed by atoms with van der Waals surface area (Å²) in [5.41, 5.74) is 0.650. The van der Waals surface area contributed by atoms with Gasteiger partial charge < -0.3 is 30.6 Å². The Balaban J connectivity index is 2.93. The Labute approximate surface area is 133 Å². The number of phenolic OH excluding ortho intramolecular Hbond substituents is 1. The molecule has 0 aliphatic heterocycles. The highest BCUT2D eigenvalue weighted by Gasteiger charge is 2.29. The summed E-state index contributed by atoms with van der Waals surface area (Å²) in [5.74, 6) is -1.10. The summed E-state index contributed by atoms with van der Waals surface area (Å²) in [6.07, 6.45) is -2.25. The van der Waals surface area contributed by atoms with Gasteiger partial charge in [-0.1, -0.05) is 12.1 Å². The van der Waals surface area contributed by atoms with E-state index in [1.165, 1.54) is 17.0 Å². The zero-order valence-corrected chi connectivity index (χ0v) is 12.6. The number of hydrogen-bond acceptors (Lipinski definition) is 7. The number of hydrogen-bond donors (Lipinski definition) is 6. The number of aliphatic hydroxyl groups excluding tert-OH is 4. The molecule has 0 bridgehead atoms. The Hall–Kier alpha value is -1.71. The second-order valence-electron chi connectivity index (χ2n) is 5.35. The lowest BCUT2D eigenvalue weighted by Crippen LogP contribution is -2.50. The van der Waals surface area contributed by atoms with E-state index < -0.39 is 37.4 Å². The van der Waals surface area contributed by atoms with Crippen LogP contribution < -0.4 is 0 Å². The third-order valence-corrected chi connectivity index (χ3v) is 3.40. The monoisotopic (exact) mass is 329 g/mol. The first-order chi connectivity index (χ1) is 10.9. The Morgan fingerprint density at radius 3 is 1.87 bits per heavy atom. The van der Waals surface area contributed by atoms with Crippen LogP contribution in [0.25, 0.3) is 0 Å². The molecule has 8 heteroatoms. The molecule has 1 aromatic rings. The van der Waals surface area contributed by atoms with Crippen molar-refractivity contribution in [2.75, 3.05) is 26.3 Å². The molecule has 0 fully saturated rings. The van der Waals surface area contributed by atoms with Crippen LogP contribution in [0, 0.1) is 0 Å². The molecule has 0 amide bonds. The van der Waals surface area contributed by atoms with Gasteiger partial charge in [-0.3, -0.25) is 9.69 Å². The van der Waals surface area contributed by atoms with Crippen molar-refractivity contribution in [2.24, 2.45) is 0 Å². The molecular weight excluding hydrogens is 306 g/mol. The summed E-state index contributed by atoms with van der Waals surface area (Å²) in [5, 5.41) is 55.8. The van der Waals surface area contributed by atoms with E-state index >= 15 is 0 Å². The van der Waals surface area contributed by atoms with Crippen LogP contribution in [-0.2, 0) is 11.2 Å². The molecule has 0 saturated heterocycles. The minimum Gasteiger partial charge on any atom is -0.508 e. The van der Waals surface area contributed by atoms with E-state index in [9.17, 15) is 25.2 Å². The van der Waals surface area contributed by atoms with Gasteiger partial charge in [0, 0.05) is 13.1 Å². The predicted octanol–water partition coefficient (Wildman–Crippen LogP) is -1.60. The largest absolute Gasteiger partial charge is 0.508 e. The van der Waals surface area contributed by atoms with Crippen LogP contribution in [-0.4, -0.2) is 86.1 Å². The zero-order valence-electron chi connectivity index (χ0n) is 12.6. The smallest absolute Gasteiger partial charge is 0.321 e. The van der Waals surface area contributed by atoms with E-state index in [4.69, 9.17) is 10.2 Å². The summed E-state index contributed by atoms with van der Waals surface area (Å²) in [7, 11) is 0. The SMILES string of the molecule is O=C(O)C(Cc1ccc(O)cc1)N(CC(O)CO)CC(O)CO. The number of carboxylic acids is 1. The maximum Gasteiger partial charge on any atom is 0.321 e. The number of carbonyl (C=O) groups is 1. The summed E-state index contributed by atoms with van der Waals surface area (Å²) < 4.78 is 0. The minimum atomic E-state index is -1.16. The van der Waals surface area contributed by atoms with Crippen LogP contribution in [0.3, 0.4) is 0 Å². The van der Waals surface area contributed by atoms with Crippen molar-refractivity contribution >= 4 is 5.97 Å². The molecule has 8 nitrogen and oxygen atoms in total. The number of aliphatic hydroxyl groups is 4. The molecule has 0 radical (unpaired) electrons. The Morgan fingerprint density at radius 1 is 1.00 bits per heavy atom. The third kappa shape index (κ3) is 6.51. The van der Waals surface area contributed by atoms with Gasteiger partial charge in [-0.2, -0.15) is 0 Å². The zero-order chi connectivity index (χ0) is 17.4. The van der Waals surface area contributed by atoms with Crippen LogP contribution >= 0.6 is 0 Å². The van der Waals surface area contributed by atoms with E-state index in [1.54, 1.807) is 12.1 Å². The molecule has 0 saturated carbocycles. The number of aliphatic carboxylic acids is 1. The number of benzene rings is 1. The van der Waals surface area contributed by atoms with Crippen molar-refractivity contribution in [1.82, 2.24) is 4.90 Å². The van der Waals surface area contributed by atoms with E-state index in [0.717, 1.165) is 0 Å². The van der Waals surface area contributed by atoms with Crippen molar-refractivity contribution < 1.29 is 35.4 Å². The molecule has 0 aliphatic carbocycles. The number of aromatic hydroxyl groups is 1. The van der Waals surface area contributed by atoms with E-state index in [2.05, 4.69) is 0 Å². The number of rotatable bonds is 10. The standard InChI is InChI=1S/C15H23NO7/c17-8-12(20)6-16(7-13(21)9-18)14(15(22)23)5-10-1-3-11(19)4-2-10/h1-4,12-14,17-21H,5-9H2,(H,22,23). The van der Waals surface area contributed by atoms with Gasteiger partial charge in [-0.25, -0.2) is 0 Å². The van der Waals surface area contributed by atoms with Crippen LogP contribution in [0.1, 0.15) is 5.56 Å². The molecule has 0 aromatic heterocycles. The first-order valence-electron chi connectivity index (χ1n) is 7.20. The average Bonchev–Trinajstić information content (AvgIpc) is 2.53. The Kier molecular flexibility index (Phi) is 7.93. The average molecular weight is 329 g/mol. The summed E-state index contributed by atoms with van der Waals surface area (Å²) >= 11 is 0. The molecule has 3 atom stereocenters. The maximum atomic E-state index is 11.6. The summed E-state index contributed by atoms with van der Waals surface area (Å²) in [4.78, 5) is 12.9. The van der Waals surface area contributed by atoms with Gasteiger partial charge >= 0.3 is 5.97 Å².